The molecule has 34 heavy (non-hydrogen) atoms. The number of carbonyl (C=O) groups is 1. The fourth-order valence-electron chi connectivity index (χ4n) is 3.25. The van der Waals surface area contributed by atoms with Crippen molar-refractivity contribution < 1.29 is 27.7 Å². The minimum atomic E-state index is -3.91. The standard InChI is InChI=1S/C27H25O6P/c28-27(26-16-15-24-13-7-8-14-25(24)19-26)30-17-18-31-34(29,32-20-22-9-3-1-4-10-22)33-21-23-11-5-2-6-12-23/h1-16,19H,17-18,20-21H2. The highest BCUT2D eigenvalue weighted by Crippen LogP contribution is 2.50. The number of hydrogen-bond donors (Lipinski definition) is 0. The van der Waals surface area contributed by atoms with Crippen molar-refractivity contribution in [2.24, 2.45) is 0 Å². The van der Waals surface area contributed by atoms with Gasteiger partial charge < -0.3 is 4.74 Å². The molecule has 0 aliphatic carbocycles. The Bertz CT molecular complexity index is 1210. The monoisotopic (exact) mass is 476 g/mol. The number of ether oxygens (including phenoxy) is 1. The summed E-state index contributed by atoms with van der Waals surface area (Å²) in [7, 11) is -3.91. The van der Waals surface area contributed by atoms with E-state index in [1.54, 1.807) is 12.1 Å². The molecule has 174 valence electrons. The van der Waals surface area contributed by atoms with Crippen LogP contribution in [0.2, 0.25) is 0 Å². The Labute approximate surface area is 198 Å². The molecule has 0 aliphatic heterocycles. The largest absolute Gasteiger partial charge is 0.475 e. The Kier molecular flexibility index (Phi) is 8.23. The zero-order valence-electron chi connectivity index (χ0n) is 18.5. The molecule has 0 spiro atoms. The molecule has 4 aromatic rings. The average molecular weight is 476 g/mol. The van der Waals surface area contributed by atoms with E-state index in [-0.39, 0.29) is 26.4 Å². The second-order valence-corrected chi connectivity index (χ2v) is 9.17. The molecule has 4 aromatic carbocycles. The summed E-state index contributed by atoms with van der Waals surface area (Å²) >= 11 is 0. The van der Waals surface area contributed by atoms with Crippen LogP contribution in [0.5, 0.6) is 0 Å². The molecule has 6 nitrogen and oxygen atoms in total. The maximum Gasteiger partial charge on any atom is 0.475 e. The van der Waals surface area contributed by atoms with Crippen LogP contribution < -0.4 is 0 Å². The van der Waals surface area contributed by atoms with Gasteiger partial charge in [0.15, 0.2) is 0 Å². The van der Waals surface area contributed by atoms with E-state index in [1.165, 1.54) is 0 Å². The minimum absolute atomic E-state index is 0.0593. The molecule has 0 aromatic heterocycles. The molecular weight excluding hydrogens is 451 g/mol. The van der Waals surface area contributed by atoms with Crippen molar-refractivity contribution in [3.05, 3.63) is 120 Å². The van der Waals surface area contributed by atoms with Crippen LogP contribution in [0, 0.1) is 0 Å². The van der Waals surface area contributed by atoms with E-state index < -0.39 is 13.8 Å². The molecule has 0 fully saturated rings. The summed E-state index contributed by atoms with van der Waals surface area (Å²) in [6, 6.07) is 31.7. The van der Waals surface area contributed by atoms with Gasteiger partial charge in [-0.15, -0.1) is 0 Å². The first-order chi connectivity index (χ1) is 16.6. The maximum atomic E-state index is 13.2. The second-order valence-electron chi connectivity index (χ2n) is 7.50. The summed E-state index contributed by atoms with van der Waals surface area (Å²) in [4.78, 5) is 12.4. The van der Waals surface area contributed by atoms with E-state index in [2.05, 4.69) is 0 Å². The van der Waals surface area contributed by atoms with Crippen LogP contribution in [0.1, 0.15) is 21.5 Å². The van der Waals surface area contributed by atoms with Crippen molar-refractivity contribution >= 4 is 24.6 Å². The highest BCUT2D eigenvalue weighted by atomic mass is 31.2. The van der Waals surface area contributed by atoms with Crippen LogP contribution in [-0.2, 0) is 36.1 Å². The fraction of sp³-hybridized carbons (Fsp3) is 0.148. The molecule has 0 heterocycles. The van der Waals surface area contributed by atoms with Crippen LogP contribution >= 0.6 is 7.82 Å². The van der Waals surface area contributed by atoms with Gasteiger partial charge in [0.25, 0.3) is 0 Å². The highest BCUT2D eigenvalue weighted by molar-refractivity contribution is 7.48. The van der Waals surface area contributed by atoms with Crippen molar-refractivity contribution in [2.75, 3.05) is 13.2 Å². The SMILES string of the molecule is O=C(OCCOP(=O)(OCc1ccccc1)OCc1ccccc1)c1ccc2ccccc2c1. The Balaban J connectivity index is 1.33. The van der Waals surface area contributed by atoms with Gasteiger partial charge in [-0.25, -0.2) is 9.36 Å². The predicted octanol–water partition coefficient (Wildman–Crippen LogP) is 6.55. The lowest BCUT2D eigenvalue weighted by atomic mass is 10.1. The predicted molar refractivity (Wildman–Crippen MR) is 130 cm³/mol. The number of phosphoric ester groups is 1. The summed E-state index contributed by atoms with van der Waals surface area (Å²) in [5, 5.41) is 1.98. The summed E-state index contributed by atoms with van der Waals surface area (Å²) in [6.07, 6.45) is 0. The van der Waals surface area contributed by atoms with Crippen LogP contribution in [0.3, 0.4) is 0 Å². The topological polar surface area (TPSA) is 71.1 Å². The Hall–Kier alpha value is -3.28. The Morgan fingerprint density at radius 2 is 1.18 bits per heavy atom. The van der Waals surface area contributed by atoms with Gasteiger partial charge in [-0.05, 0) is 34.0 Å². The molecule has 7 heteroatoms. The number of esters is 1. The molecule has 0 unspecified atom stereocenters. The number of fused-ring (bicyclic) bond motifs is 1. The highest BCUT2D eigenvalue weighted by Gasteiger charge is 2.27. The van der Waals surface area contributed by atoms with Crippen LogP contribution in [0.25, 0.3) is 10.8 Å². The number of benzene rings is 4. The van der Waals surface area contributed by atoms with E-state index in [0.29, 0.717) is 5.56 Å². The zero-order chi connectivity index (χ0) is 23.6. The average Bonchev–Trinajstić information content (AvgIpc) is 2.90. The lowest BCUT2D eigenvalue weighted by molar-refractivity contribution is 0.0378. The Morgan fingerprint density at radius 3 is 1.79 bits per heavy atom. The lowest BCUT2D eigenvalue weighted by Gasteiger charge is -2.18. The molecule has 0 amide bonds. The normalized spacial score (nSPS) is 11.4. The Morgan fingerprint density at radius 1 is 0.618 bits per heavy atom. The smallest absolute Gasteiger partial charge is 0.460 e. The lowest BCUT2D eigenvalue weighted by Crippen LogP contribution is -2.11. The van der Waals surface area contributed by atoms with Crippen molar-refractivity contribution in [1.82, 2.24) is 0 Å². The van der Waals surface area contributed by atoms with Crippen LogP contribution in [0.15, 0.2) is 103 Å². The van der Waals surface area contributed by atoms with E-state index in [4.69, 9.17) is 18.3 Å². The van der Waals surface area contributed by atoms with Gasteiger partial charge in [-0.1, -0.05) is 91.0 Å². The quantitative estimate of drug-likeness (QED) is 0.139. The van der Waals surface area contributed by atoms with E-state index in [9.17, 15) is 9.36 Å². The number of phosphoric acid groups is 1. The molecule has 0 radical (unpaired) electrons. The molecular formula is C27H25O6P. The molecule has 0 aliphatic rings. The van der Waals surface area contributed by atoms with Gasteiger partial charge in [-0.3, -0.25) is 13.6 Å². The zero-order valence-corrected chi connectivity index (χ0v) is 19.4. The summed E-state index contributed by atoms with van der Waals surface area (Å²) in [5.74, 6) is -0.486. The van der Waals surface area contributed by atoms with Crippen LogP contribution in [0.4, 0.5) is 0 Å². The van der Waals surface area contributed by atoms with Crippen LogP contribution in [-0.4, -0.2) is 19.2 Å². The third-order valence-electron chi connectivity index (χ3n) is 5.02. The number of rotatable bonds is 11. The van der Waals surface area contributed by atoms with Gasteiger partial charge in [-0.2, -0.15) is 0 Å². The minimum Gasteiger partial charge on any atom is -0.460 e. The van der Waals surface area contributed by atoms with Crippen molar-refractivity contribution in [3.8, 4) is 0 Å². The van der Waals surface area contributed by atoms with Crippen molar-refractivity contribution in [1.29, 1.82) is 0 Å². The van der Waals surface area contributed by atoms with Gasteiger partial charge in [0.2, 0.25) is 0 Å². The molecule has 0 N–H and O–H groups in total. The van der Waals surface area contributed by atoms with Gasteiger partial charge in [0.05, 0.1) is 25.4 Å². The first-order valence-corrected chi connectivity index (χ1v) is 12.3. The summed E-state index contributed by atoms with van der Waals surface area (Å²) in [5.41, 5.74) is 2.09. The van der Waals surface area contributed by atoms with Crippen molar-refractivity contribution in [3.63, 3.8) is 0 Å². The molecule has 0 bridgehead atoms. The van der Waals surface area contributed by atoms with E-state index in [1.807, 2.05) is 91.0 Å². The number of hydrogen-bond acceptors (Lipinski definition) is 6. The third-order valence-corrected chi connectivity index (χ3v) is 6.40. The first-order valence-electron chi connectivity index (χ1n) is 10.9. The maximum absolute atomic E-state index is 13.2. The van der Waals surface area contributed by atoms with E-state index >= 15 is 0 Å². The third kappa shape index (κ3) is 6.86. The first kappa shape index (κ1) is 23.9. The molecule has 0 saturated carbocycles. The summed E-state index contributed by atoms with van der Waals surface area (Å²) in [6.45, 7) is -0.118. The second kappa shape index (κ2) is 11.7. The van der Waals surface area contributed by atoms with E-state index in [0.717, 1.165) is 21.9 Å². The number of carbonyl (C=O) groups excluding carboxylic acids is 1. The van der Waals surface area contributed by atoms with Crippen molar-refractivity contribution in [2.45, 2.75) is 13.2 Å². The van der Waals surface area contributed by atoms with Gasteiger partial charge in [0.1, 0.15) is 6.61 Å². The molecule has 0 saturated heterocycles. The van der Waals surface area contributed by atoms with Gasteiger partial charge in [0, 0.05) is 0 Å². The molecule has 4 rings (SSSR count). The van der Waals surface area contributed by atoms with Gasteiger partial charge >= 0.3 is 13.8 Å². The summed E-state index contributed by atoms with van der Waals surface area (Å²) < 4.78 is 35.1. The molecule has 0 atom stereocenters. The fourth-order valence-corrected chi connectivity index (χ4v) is 4.39.